The summed E-state index contributed by atoms with van der Waals surface area (Å²) in [5, 5.41) is 15.0. The fourth-order valence-electron chi connectivity index (χ4n) is 5.24. The van der Waals surface area contributed by atoms with E-state index in [4.69, 9.17) is 27.6 Å². The zero-order valence-electron chi connectivity index (χ0n) is 22.5. The molecule has 5 heterocycles. The number of anilines is 1. The largest absolute Gasteiger partial charge is 0.464 e. The molecular formula is C29H23Cl2F2N7O3. The van der Waals surface area contributed by atoms with Gasteiger partial charge in [0.2, 0.25) is 5.91 Å². The lowest BCUT2D eigenvalue weighted by molar-refractivity contribution is -0.119. The second kappa shape index (κ2) is 11.7. The van der Waals surface area contributed by atoms with Crippen LogP contribution < -0.4 is 10.7 Å². The molecule has 10 nitrogen and oxygen atoms in total. The number of carbonyl (C=O) groups excluding carboxylic acids is 1. The SMILES string of the molecule is C[C@H]1CCCC(c2coc(-c3cc(Cl)ccc3-n3cc(Cl)nn3)cc2=O)c2cc(ccn2)-c2c(cnn2C(F)F)NC1=O. The zero-order valence-corrected chi connectivity index (χ0v) is 24.1. The molecule has 1 aliphatic heterocycles. The Morgan fingerprint density at radius 2 is 1.95 bits per heavy atom. The van der Waals surface area contributed by atoms with E-state index in [1.807, 2.05) is 0 Å². The maximum absolute atomic E-state index is 13.9. The van der Waals surface area contributed by atoms with E-state index in [-0.39, 0.29) is 33.6 Å². The number of aromatic nitrogens is 6. The summed E-state index contributed by atoms with van der Waals surface area (Å²) in [5.41, 5.74) is 2.11. The Morgan fingerprint density at radius 1 is 1.12 bits per heavy atom. The van der Waals surface area contributed by atoms with Crippen LogP contribution in [-0.2, 0) is 4.79 Å². The molecule has 1 unspecified atom stereocenters. The van der Waals surface area contributed by atoms with Gasteiger partial charge in [-0.25, -0.2) is 9.36 Å². The van der Waals surface area contributed by atoms with Gasteiger partial charge < -0.3 is 9.73 Å². The second-order valence-electron chi connectivity index (χ2n) is 10.2. The van der Waals surface area contributed by atoms with E-state index in [0.717, 1.165) is 0 Å². The summed E-state index contributed by atoms with van der Waals surface area (Å²) in [4.78, 5) is 31.1. The summed E-state index contributed by atoms with van der Waals surface area (Å²) in [6.45, 7) is -1.18. The molecule has 6 rings (SSSR count). The van der Waals surface area contributed by atoms with E-state index in [9.17, 15) is 18.4 Å². The van der Waals surface area contributed by atoms with E-state index >= 15 is 0 Å². The van der Waals surface area contributed by atoms with Crippen LogP contribution in [0.25, 0.3) is 28.3 Å². The van der Waals surface area contributed by atoms with Crippen LogP contribution in [0.3, 0.4) is 0 Å². The third-order valence-electron chi connectivity index (χ3n) is 7.40. The molecule has 0 fully saturated rings. The molecule has 2 atom stereocenters. The monoisotopic (exact) mass is 625 g/mol. The lowest BCUT2D eigenvalue weighted by atomic mass is 9.88. The third kappa shape index (κ3) is 5.67. The smallest absolute Gasteiger partial charge is 0.333 e. The van der Waals surface area contributed by atoms with E-state index < -0.39 is 18.4 Å². The number of benzene rings is 1. The number of rotatable bonds is 4. The van der Waals surface area contributed by atoms with Crippen LogP contribution in [0.15, 0.2) is 70.5 Å². The van der Waals surface area contributed by atoms with Crippen molar-refractivity contribution < 1.29 is 18.0 Å². The average molecular weight is 626 g/mol. The molecule has 0 aliphatic carbocycles. The van der Waals surface area contributed by atoms with Gasteiger partial charge in [-0.2, -0.15) is 13.9 Å². The number of nitrogens with zero attached hydrogens (tertiary/aromatic N) is 6. The van der Waals surface area contributed by atoms with Gasteiger partial charge >= 0.3 is 6.55 Å². The minimum atomic E-state index is -2.94. The molecule has 1 amide bonds. The molecule has 2 bridgehead atoms. The molecule has 14 heteroatoms. The summed E-state index contributed by atoms with van der Waals surface area (Å²) < 4.78 is 35.8. The third-order valence-corrected chi connectivity index (χ3v) is 7.81. The molecule has 0 radical (unpaired) electrons. The van der Waals surface area contributed by atoms with E-state index in [2.05, 4.69) is 25.7 Å². The van der Waals surface area contributed by atoms with Gasteiger partial charge in [0.25, 0.3) is 0 Å². The Hall–Kier alpha value is -4.42. The van der Waals surface area contributed by atoms with Crippen LogP contribution in [0.2, 0.25) is 10.2 Å². The minimum Gasteiger partial charge on any atom is -0.464 e. The first-order valence-corrected chi connectivity index (χ1v) is 14.1. The van der Waals surface area contributed by atoms with Crippen molar-refractivity contribution in [2.24, 2.45) is 5.92 Å². The molecule has 220 valence electrons. The average Bonchev–Trinajstić information content (AvgIpc) is 3.61. The molecule has 0 spiro atoms. The molecule has 5 aromatic rings. The summed E-state index contributed by atoms with van der Waals surface area (Å²) in [5.74, 6) is -1.03. The van der Waals surface area contributed by atoms with Crippen molar-refractivity contribution in [1.82, 2.24) is 29.8 Å². The van der Waals surface area contributed by atoms with Gasteiger partial charge in [-0.1, -0.05) is 41.8 Å². The predicted octanol–water partition coefficient (Wildman–Crippen LogP) is 6.74. The topological polar surface area (TPSA) is 121 Å². The molecule has 0 saturated heterocycles. The number of hydrogen-bond acceptors (Lipinski definition) is 7. The Morgan fingerprint density at radius 3 is 2.70 bits per heavy atom. The lowest BCUT2D eigenvalue weighted by Crippen LogP contribution is -2.22. The number of nitrogens with one attached hydrogen (secondary N) is 1. The fourth-order valence-corrected chi connectivity index (χ4v) is 5.54. The van der Waals surface area contributed by atoms with Gasteiger partial charge in [0.15, 0.2) is 10.6 Å². The van der Waals surface area contributed by atoms with Crippen molar-refractivity contribution in [3.05, 3.63) is 92.9 Å². The van der Waals surface area contributed by atoms with Gasteiger partial charge in [-0.3, -0.25) is 14.6 Å². The lowest BCUT2D eigenvalue weighted by Gasteiger charge is -2.20. The minimum absolute atomic E-state index is 0.0441. The van der Waals surface area contributed by atoms with Gasteiger partial charge in [0.1, 0.15) is 5.76 Å². The Kier molecular flexibility index (Phi) is 7.80. The number of pyridine rings is 1. The summed E-state index contributed by atoms with van der Waals surface area (Å²) in [7, 11) is 0. The Bertz CT molecular complexity index is 1890. The molecule has 43 heavy (non-hydrogen) atoms. The Labute approximate surface area is 253 Å². The van der Waals surface area contributed by atoms with Crippen LogP contribution in [0.5, 0.6) is 0 Å². The molecular weight excluding hydrogens is 603 g/mol. The molecule has 1 N–H and O–H groups in total. The van der Waals surface area contributed by atoms with Crippen LogP contribution in [-0.4, -0.2) is 35.7 Å². The normalized spacial score (nSPS) is 17.2. The number of hydrogen-bond donors (Lipinski definition) is 1. The quantitative estimate of drug-likeness (QED) is 0.235. The van der Waals surface area contributed by atoms with Crippen molar-refractivity contribution in [3.63, 3.8) is 0 Å². The summed E-state index contributed by atoms with van der Waals surface area (Å²) in [6, 6.07) is 9.57. The highest BCUT2D eigenvalue weighted by Crippen LogP contribution is 2.37. The van der Waals surface area contributed by atoms with Crippen LogP contribution in [0.4, 0.5) is 14.5 Å². The zero-order chi connectivity index (χ0) is 30.2. The summed E-state index contributed by atoms with van der Waals surface area (Å²) in [6.07, 6.45) is 7.12. The first kappa shape index (κ1) is 28.7. The standard InChI is InChI=1S/C29H23Cl2F2N7O3/c1-15-3-2-4-18(21-9-16(7-8-34-21)27-22(36-28(15)42)12-35-40(27)29(32)33)20-14-43-25(11-24(20)41)19-10-17(30)5-6-23(19)39-13-26(31)37-38-39/h5-15,18,29H,2-4H2,1H3,(H,36,42)/t15-,18?/m0/s1. The maximum Gasteiger partial charge on any atom is 0.333 e. The molecule has 0 saturated carbocycles. The Balaban J connectivity index is 1.45. The van der Waals surface area contributed by atoms with Crippen molar-refractivity contribution in [2.45, 2.75) is 38.7 Å². The van der Waals surface area contributed by atoms with E-state index in [1.54, 1.807) is 37.3 Å². The summed E-state index contributed by atoms with van der Waals surface area (Å²) >= 11 is 12.2. The molecule has 4 aromatic heterocycles. The predicted molar refractivity (Wildman–Crippen MR) is 156 cm³/mol. The van der Waals surface area contributed by atoms with Gasteiger partial charge in [0.05, 0.1) is 35.7 Å². The van der Waals surface area contributed by atoms with Gasteiger partial charge in [-0.05, 0) is 43.2 Å². The highest BCUT2D eigenvalue weighted by Gasteiger charge is 2.27. The number of amides is 1. The van der Waals surface area contributed by atoms with Crippen LogP contribution in [0, 0.1) is 5.92 Å². The fraction of sp³-hybridized carbons (Fsp3) is 0.241. The highest BCUT2D eigenvalue weighted by molar-refractivity contribution is 6.31. The van der Waals surface area contributed by atoms with Gasteiger partial charge in [0, 0.05) is 51.5 Å². The number of carbonyl (C=O) groups is 1. The molecule has 1 aliphatic rings. The van der Waals surface area contributed by atoms with Crippen LogP contribution in [0.1, 0.15) is 49.9 Å². The number of alkyl halides is 2. The van der Waals surface area contributed by atoms with Crippen molar-refractivity contribution >= 4 is 34.8 Å². The van der Waals surface area contributed by atoms with Crippen molar-refractivity contribution in [3.8, 4) is 28.3 Å². The second-order valence-corrected chi connectivity index (χ2v) is 11.0. The maximum atomic E-state index is 13.9. The molecule has 1 aromatic carbocycles. The van der Waals surface area contributed by atoms with Crippen molar-refractivity contribution in [2.75, 3.05) is 5.32 Å². The number of fused-ring (bicyclic) bond motifs is 4. The van der Waals surface area contributed by atoms with E-state index in [1.165, 1.54) is 35.6 Å². The number of halogens is 4. The van der Waals surface area contributed by atoms with Crippen molar-refractivity contribution in [1.29, 1.82) is 0 Å². The van der Waals surface area contributed by atoms with Crippen LogP contribution >= 0.6 is 23.2 Å². The van der Waals surface area contributed by atoms with Gasteiger partial charge in [-0.15, -0.1) is 5.10 Å². The van der Waals surface area contributed by atoms with E-state index in [0.29, 0.717) is 57.0 Å². The first-order valence-electron chi connectivity index (χ1n) is 13.3. The highest BCUT2D eigenvalue weighted by atomic mass is 35.5. The first-order chi connectivity index (χ1) is 20.7.